The van der Waals surface area contributed by atoms with Crippen molar-refractivity contribution in [3.63, 3.8) is 0 Å². The second kappa shape index (κ2) is 9.97. The van der Waals surface area contributed by atoms with Gasteiger partial charge >= 0.3 is 0 Å². The van der Waals surface area contributed by atoms with Gasteiger partial charge in [0.15, 0.2) is 0 Å². The summed E-state index contributed by atoms with van der Waals surface area (Å²) in [5, 5.41) is 2.88. The van der Waals surface area contributed by atoms with E-state index in [0.717, 1.165) is 29.7 Å². The number of rotatable bonds is 8. The molecule has 7 heteroatoms. The molecule has 32 heavy (non-hydrogen) atoms. The van der Waals surface area contributed by atoms with Gasteiger partial charge in [-0.2, -0.15) is 4.31 Å². The average molecular weight is 451 g/mol. The minimum Gasteiger partial charge on any atom is -0.489 e. The number of nitrogens with zero attached hydrogens (tertiary/aromatic N) is 1. The van der Waals surface area contributed by atoms with Gasteiger partial charge in [0, 0.05) is 25.2 Å². The van der Waals surface area contributed by atoms with E-state index in [4.69, 9.17) is 4.74 Å². The van der Waals surface area contributed by atoms with E-state index < -0.39 is 10.0 Å². The van der Waals surface area contributed by atoms with Crippen LogP contribution in [0.2, 0.25) is 0 Å². The summed E-state index contributed by atoms with van der Waals surface area (Å²) in [6.45, 7) is 1.91. The van der Waals surface area contributed by atoms with Crippen molar-refractivity contribution in [1.82, 2.24) is 9.62 Å². The topological polar surface area (TPSA) is 75.7 Å². The summed E-state index contributed by atoms with van der Waals surface area (Å²) in [6.07, 6.45) is 1.81. The summed E-state index contributed by atoms with van der Waals surface area (Å²) in [7, 11) is -3.42. The third-order valence-electron chi connectivity index (χ3n) is 5.44. The number of amides is 1. The van der Waals surface area contributed by atoms with Crippen LogP contribution in [0, 0.1) is 0 Å². The highest BCUT2D eigenvalue weighted by Gasteiger charge is 2.26. The number of nitrogens with one attached hydrogen (secondary N) is 1. The standard InChI is InChI=1S/C25H26N2O4S/c28-25(22-12-8-21(9-13-22)19-31-23-6-2-1-3-7-23)26-18-20-10-14-24(15-11-20)32(29,30)27-16-4-5-17-27/h1-3,6-15H,4-5,16-19H2,(H,26,28). The molecule has 0 aromatic heterocycles. The molecule has 3 aromatic rings. The maximum absolute atomic E-state index is 12.6. The summed E-state index contributed by atoms with van der Waals surface area (Å²) in [4.78, 5) is 12.8. The molecule has 0 aliphatic carbocycles. The number of sulfonamides is 1. The average Bonchev–Trinajstić information content (AvgIpc) is 3.39. The third kappa shape index (κ3) is 5.36. The molecule has 1 amide bonds. The summed E-state index contributed by atoms with van der Waals surface area (Å²) in [5.41, 5.74) is 2.37. The van der Waals surface area contributed by atoms with Crippen LogP contribution in [0.25, 0.3) is 0 Å². The number of benzene rings is 3. The maximum Gasteiger partial charge on any atom is 0.251 e. The fourth-order valence-corrected chi connectivity index (χ4v) is 5.09. The molecule has 1 heterocycles. The highest BCUT2D eigenvalue weighted by atomic mass is 32.2. The second-order valence-electron chi connectivity index (χ2n) is 7.74. The maximum atomic E-state index is 12.6. The Morgan fingerprint density at radius 2 is 1.47 bits per heavy atom. The zero-order chi connectivity index (χ0) is 22.4. The van der Waals surface area contributed by atoms with Gasteiger partial charge in [-0.25, -0.2) is 8.42 Å². The van der Waals surface area contributed by atoms with E-state index in [2.05, 4.69) is 5.32 Å². The number of carbonyl (C=O) groups excluding carboxylic acids is 1. The minimum absolute atomic E-state index is 0.186. The first-order valence-corrected chi connectivity index (χ1v) is 12.1. The number of para-hydroxylation sites is 1. The molecule has 0 atom stereocenters. The lowest BCUT2D eigenvalue weighted by Crippen LogP contribution is -2.28. The van der Waals surface area contributed by atoms with Crippen molar-refractivity contribution in [3.8, 4) is 5.75 Å². The normalized spacial score (nSPS) is 14.2. The first kappa shape index (κ1) is 22.0. The van der Waals surface area contributed by atoms with Crippen molar-refractivity contribution in [1.29, 1.82) is 0 Å². The van der Waals surface area contributed by atoms with Crippen LogP contribution in [0.3, 0.4) is 0 Å². The molecule has 0 saturated carbocycles. The van der Waals surface area contributed by atoms with Gasteiger partial charge in [0.2, 0.25) is 10.0 Å². The Balaban J connectivity index is 1.29. The molecule has 0 bridgehead atoms. The molecule has 1 saturated heterocycles. The van der Waals surface area contributed by atoms with E-state index in [0.29, 0.717) is 36.7 Å². The Bertz CT molecular complexity index is 1140. The van der Waals surface area contributed by atoms with Gasteiger partial charge in [-0.3, -0.25) is 4.79 Å². The van der Waals surface area contributed by atoms with Crippen molar-refractivity contribution < 1.29 is 17.9 Å². The van der Waals surface area contributed by atoms with Crippen molar-refractivity contribution in [2.75, 3.05) is 13.1 Å². The molecule has 0 radical (unpaired) electrons. The van der Waals surface area contributed by atoms with E-state index >= 15 is 0 Å². The Morgan fingerprint density at radius 1 is 0.844 bits per heavy atom. The molecule has 166 valence electrons. The van der Waals surface area contributed by atoms with Crippen LogP contribution in [-0.4, -0.2) is 31.7 Å². The van der Waals surface area contributed by atoms with Crippen LogP contribution in [0.4, 0.5) is 0 Å². The number of hydrogen-bond acceptors (Lipinski definition) is 4. The van der Waals surface area contributed by atoms with E-state index in [1.54, 1.807) is 36.4 Å². The van der Waals surface area contributed by atoms with Gasteiger partial charge in [0.25, 0.3) is 5.91 Å². The second-order valence-corrected chi connectivity index (χ2v) is 9.67. The Labute approximate surface area is 188 Å². The molecule has 6 nitrogen and oxygen atoms in total. The highest BCUT2D eigenvalue weighted by Crippen LogP contribution is 2.21. The van der Waals surface area contributed by atoms with Gasteiger partial charge < -0.3 is 10.1 Å². The van der Waals surface area contributed by atoms with E-state index in [-0.39, 0.29) is 5.91 Å². The van der Waals surface area contributed by atoms with Crippen LogP contribution in [0.5, 0.6) is 5.75 Å². The molecular weight excluding hydrogens is 424 g/mol. The van der Waals surface area contributed by atoms with E-state index in [1.807, 2.05) is 42.5 Å². The van der Waals surface area contributed by atoms with E-state index in [9.17, 15) is 13.2 Å². The lowest BCUT2D eigenvalue weighted by molar-refractivity contribution is 0.0951. The smallest absolute Gasteiger partial charge is 0.251 e. The first-order valence-electron chi connectivity index (χ1n) is 10.7. The predicted octanol–water partition coefficient (Wildman–Crippen LogP) is 3.98. The quantitative estimate of drug-likeness (QED) is 0.563. The van der Waals surface area contributed by atoms with Gasteiger partial charge in [-0.1, -0.05) is 42.5 Å². The molecular formula is C25H26N2O4S. The van der Waals surface area contributed by atoms with Crippen molar-refractivity contribution in [2.45, 2.75) is 30.9 Å². The molecule has 4 rings (SSSR count). The highest BCUT2D eigenvalue weighted by molar-refractivity contribution is 7.89. The monoisotopic (exact) mass is 450 g/mol. The molecule has 1 aliphatic rings. The van der Waals surface area contributed by atoms with Crippen LogP contribution in [0.15, 0.2) is 83.8 Å². The Hall–Kier alpha value is -3.16. The fourth-order valence-electron chi connectivity index (χ4n) is 3.58. The minimum atomic E-state index is -3.42. The summed E-state index contributed by atoms with van der Waals surface area (Å²) >= 11 is 0. The molecule has 1 N–H and O–H groups in total. The zero-order valence-corrected chi connectivity index (χ0v) is 18.6. The summed E-state index contributed by atoms with van der Waals surface area (Å²) < 4.78 is 32.4. The SMILES string of the molecule is O=C(NCc1ccc(S(=O)(=O)N2CCCC2)cc1)c1ccc(COc2ccccc2)cc1. The number of hydrogen-bond donors (Lipinski definition) is 1. The summed E-state index contributed by atoms with van der Waals surface area (Å²) in [5.74, 6) is 0.614. The van der Waals surface area contributed by atoms with Gasteiger partial charge in [-0.15, -0.1) is 0 Å². The first-order chi connectivity index (χ1) is 15.5. The predicted molar refractivity (Wildman–Crippen MR) is 123 cm³/mol. The molecule has 0 unspecified atom stereocenters. The van der Waals surface area contributed by atoms with Crippen LogP contribution in [-0.2, 0) is 23.2 Å². The molecule has 1 aliphatic heterocycles. The lowest BCUT2D eigenvalue weighted by Gasteiger charge is -2.15. The van der Waals surface area contributed by atoms with E-state index in [1.165, 1.54) is 4.31 Å². The van der Waals surface area contributed by atoms with Gasteiger partial charge in [-0.05, 0) is 60.4 Å². The van der Waals surface area contributed by atoms with Crippen molar-refractivity contribution >= 4 is 15.9 Å². The van der Waals surface area contributed by atoms with Crippen molar-refractivity contribution in [3.05, 3.63) is 95.6 Å². The lowest BCUT2D eigenvalue weighted by atomic mass is 10.1. The number of ether oxygens (including phenoxy) is 1. The molecule has 3 aromatic carbocycles. The van der Waals surface area contributed by atoms with Gasteiger partial charge in [0.05, 0.1) is 4.90 Å². The Morgan fingerprint density at radius 3 is 2.12 bits per heavy atom. The third-order valence-corrected chi connectivity index (χ3v) is 7.36. The molecule has 0 spiro atoms. The van der Waals surface area contributed by atoms with Crippen LogP contribution >= 0.6 is 0 Å². The van der Waals surface area contributed by atoms with Crippen LogP contribution in [0.1, 0.15) is 34.3 Å². The fraction of sp³-hybridized carbons (Fsp3) is 0.240. The number of carbonyl (C=O) groups is 1. The van der Waals surface area contributed by atoms with Gasteiger partial charge in [0.1, 0.15) is 12.4 Å². The summed E-state index contributed by atoms with van der Waals surface area (Å²) in [6, 6.07) is 23.6. The molecule has 1 fully saturated rings. The largest absolute Gasteiger partial charge is 0.489 e. The van der Waals surface area contributed by atoms with Crippen LogP contribution < -0.4 is 10.1 Å². The van der Waals surface area contributed by atoms with Crippen molar-refractivity contribution in [2.24, 2.45) is 0 Å². The Kier molecular flexibility index (Phi) is 6.87. The zero-order valence-electron chi connectivity index (χ0n) is 17.7.